The van der Waals surface area contributed by atoms with Gasteiger partial charge in [-0.25, -0.2) is 8.42 Å². The summed E-state index contributed by atoms with van der Waals surface area (Å²) in [7, 11) is -2.52. The molecule has 3 aromatic carbocycles. The molecule has 0 aliphatic carbocycles. The molecule has 0 aliphatic heterocycles. The summed E-state index contributed by atoms with van der Waals surface area (Å²) in [4.78, 5) is 13.1. The highest BCUT2D eigenvalue weighted by Crippen LogP contribution is 2.31. The van der Waals surface area contributed by atoms with Gasteiger partial charge < -0.3 is 10.1 Å². The van der Waals surface area contributed by atoms with Crippen LogP contribution in [-0.4, -0.2) is 28.0 Å². The molecule has 8 heteroatoms. The van der Waals surface area contributed by atoms with Crippen molar-refractivity contribution in [1.82, 2.24) is 5.32 Å². The van der Waals surface area contributed by atoms with E-state index in [9.17, 15) is 13.2 Å². The average molecular weight is 545 g/mol. The first-order valence-corrected chi connectivity index (χ1v) is 13.2. The molecule has 0 aliphatic rings. The van der Waals surface area contributed by atoms with E-state index in [4.69, 9.17) is 4.74 Å². The summed E-state index contributed by atoms with van der Waals surface area (Å²) < 4.78 is 34.1. The number of benzene rings is 3. The van der Waals surface area contributed by atoms with Gasteiger partial charge in [0.1, 0.15) is 12.3 Å². The maximum Gasteiger partial charge on any atom is 0.264 e. The summed E-state index contributed by atoms with van der Waals surface area (Å²) in [6.07, 6.45) is 0.936. The number of sulfonamides is 1. The van der Waals surface area contributed by atoms with Gasteiger partial charge >= 0.3 is 0 Å². The third kappa shape index (κ3) is 5.98. The summed E-state index contributed by atoms with van der Waals surface area (Å²) in [5.41, 5.74) is 3.56. The highest BCUT2D eigenvalue weighted by molar-refractivity contribution is 9.10. The van der Waals surface area contributed by atoms with Gasteiger partial charge in [0.05, 0.1) is 28.2 Å². The molecular weight excluding hydrogens is 516 g/mol. The van der Waals surface area contributed by atoms with Gasteiger partial charge in [0.2, 0.25) is 5.91 Å². The summed E-state index contributed by atoms with van der Waals surface area (Å²) in [6.45, 7) is 5.53. The van der Waals surface area contributed by atoms with E-state index in [1.165, 1.54) is 24.8 Å². The van der Waals surface area contributed by atoms with Crippen molar-refractivity contribution in [2.75, 3.05) is 18.0 Å². The number of halogens is 1. The molecule has 0 saturated heterocycles. The lowest BCUT2D eigenvalue weighted by atomic mass is 10.1. The molecule has 0 heterocycles. The van der Waals surface area contributed by atoms with Crippen molar-refractivity contribution in [2.45, 2.75) is 38.1 Å². The second kappa shape index (κ2) is 11.1. The van der Waals surface area contributed by atoms with Crippen LogP contribution in [0, 0.1) is 6.92 Å². The molecule has 6 nitrogen and oxygen atoms in total. The number of hydrogen-bond acceptors (Lipinski definition) is 4. The van der Waals surface area contributed by atoms with Crippen LogP contribution in [0.3, 0.4) is 0 Å². The minimum atomic E-state index is -4.03. The first kappa shape index (κ1) is 25.8. The zero-order valence-electron chi connectivity index (χ0n) is 19.7. The van der Waals surface area contributed by atoms with Crippen LogP contribution in [0.4, 0.5) is 5.69 Å². The van der Waals surface area contributed by atoms with Gasteiger partial charge in [0.15, 0.2) is 0 Å². The number of nitrogens with zero attached hydrogens (tertiary/aromatic N) is 1. The van der Waals surface area contributed by atoms with Crippen molar-refractivity contribution >= 4 is 37.5 Å². The zero-order chi connectivity index (χ0) is 24.9. The fourth-order valence-corrected chi connectivity index (χ4v) is 5.64. The van der Waals surface area contributed by atoms with Gasteiger partial charge in [-0.15, -0.1) is 0 Å². The van der Waals surface area contributed by atoms with Crippen molar-refractivity contribution in [3.05, 3.63) is 87.9 Å². The van der Waals surface area contributed by atoms with E-state index in [0.29, 0.717) is 15.9 Å². The molecule has 34 heavy (non-hydrogen) atoms. The van der Waals surface area contributed by atoms with Crippen LogP contribution in [0.15, 0.2) is 76.1 Å². The average Bonchev–Trinajstić information content (AvgIpc) is 2.83. The quantitative estimate of drug-likeness (QED) is 0.391. The van der Waals surface area contributed by atoms with Crippen molar-refractivity contribution in [2.24, 2.45) is 0 Å². The molecule has 3 aromatic rings. The van der Waals surface area contributed by atoms with E-state index in [0.717, 1.165) is 21.9 Å². The van der Waals surface area contributed by atoms with Gasteiger partial charge in [-0.1, -0.05) is 48.9 Å². The topological polar surface area (TPSA) is 75.7 Å². The largest absolute Gasteiger partial charge is 0.496 e. The number of carbonyl (C=O) groups excluding carboxylic acids is 1. The Morgan fingerprint density at radius 2 is 1.71 bits per heavy atom. The Kier molecular flexibility index (Phi) is 8.38. The highest BCUT2D eigenvalue weighted by atomic mass is 79.9. The fourth-order valence-electron chi connectivity index (χ4n) is 3.50. The van der Waals surface area contributed by atoms with Crippen LogP contribution >= 0.6 is 15.9 Å². The Balaban J connectivity index is 1.89. The number of rotatable bonds is 9. The number of carbonyl (C=O) groups is 1. The zero-order valence-corrected chi connectivity index (χ0v) is 22.1. The monoisotopic (exact) mass is 544 g/mol. The molecule has 1 atom stereocenters. The second-order valence-electron chi connectivity index (χ2n) is 8.03. The molecule has 0 radical (unpaired) electrons. The highest BCUT2D eigenvalue weighted by Gasteiger charge is 2.28. The maximum absolute atomic E-state index is 13.6. The Hall–Kier alpha value is -2.84. The van der Waals surface area contributed by atoms with E-state index in [-0.39, 0.29) is 17.5 Å². The first-order valence-electron chi connectivity index (χ1n) is 11.0. The van der Waals surface area contributed by atoms with Crippen LogP contribution in [0.25, 0.3) is 0 Å². The van der Waals surface area contributed by atoms with E-state index >= 15 is 0 Å². The van der Waals surface area contributed by atoms with Crippen LogP contribution in [0.2, 0.25) is 0 Å². The Morgan fingerprint density at radius 1 is 1.06 bits per heavy atom. The van der Waals surface area contributed by atoms with Gasteiger partial charge in [-0.3, -0.25) is 9.10 Å². The number of anilines is 1. The number of ether oxygens (including phenoxy) is 1. The van der Waals surface area contributed by atoms with E-state index in [2.05, 4.69) is 28.2 Å². The molecule has 0 bridgehead atoms. The number of aryl methyl sites for hydroxylation is 2. The van der Waals surface area contributed by atoms with Crippen molar-refractivity contribution < 1.29 is 17.9 Å². The van der Waals surface area contributed by atoms with Crippen molar-refractivity contribution in [1.29, 1.82) is 0 Å². The predicted molar refractivity (Wildman–Crippen MR) is 139 cm³/mol. The maximum atomic E-state index is 13.6. The number of methoxy groups -OCH3 is 1. The van der Waals surface area contributed by atoms with Crippen LogP contribution in [0.1, 0.15) is 36.6 Å². The lowest BCUT2D eigenvalue weighted by molar-refractivity contribution is -0.120. The van der Waals surface area contributed by atoms with Crippen LogP contribution in [0.5, 0.6) is 5.75 Å². The summed E-state index contributed by atoms with van der Waals surface area (Å²) >= 11 is 3.35. The molecule has 1 amide bonds. The second-order valence-corrected chi connectivity index (χ2v) is 10.7. The molecule has 1 N–H and O–H groups in total. The summed E-state index contributed by atoms with van der Waals surface area (Å²) in [5.74, 6) is 0.116. The third-order valence-corrected chi connectivity index (χ3v) is 7.98. The van der Waals surface area contributed by atoms with Gasteiger partial charge in [-0.05, 0) is 77.7 Å². The molecule has 0 spiro atoms. The van der Waals surface area contributed by atoms with Gasteiger partial charge in [0.25, 0.3) is 10.0 Å². The molecule has 3 rings (SSSR count). The van der Waals surface area contributed by atoms with E-state index < -0.39 is 15.9 Å². The Morgan fingerprint density at radius 3 is 2.26 bits per heavy atom. The van der Waals surface area contributed by atoms with Gasteiger partial charge in [-0.2, -0.15) is 0 Å². The SMILES string of the molecule is CCc1ccc([C@H](C)NC(=O)CN(c2ccc(C)cc2)S(=O)(=O)c2ccc(OC)c(Br)c2)cc1. The molecule has 0 aromatic heterocycles. The van der Waals surface area contributed by atoms with Crippen molar-refractivity contribution in [3.8, 4) is 5.75 Å². The van der Waals surface area contributed by atoms with Crippen LogP contribution < -0.4 is 14.4 Å². The van der Waals surface area contributed by atoms with E-state index in [1.54, 1.807) is 18.2 Å². The predicted octanol–water partition coefficient (Wildman–Crippen LogP) is 5.40. The normalized spacial score (nSPS) is 12.1. The molecular formula is C26H29BrN2O4S. The summed E-state index contributed by atoms with van der Waals surface area (Å²) in [6, 6.07) is 19.3. The number of hydrogen-bond donors (Lipinski definition) is 1. The minimum Gasteiger partial charge on any atom is -0.496 e. The van der Waals surface area contributed by atoms with Crippen molar-refractivity contribution in [3.63, 3.8) is 0 Å². The number of amides is 1. The van der Waals surface area contributed by atoms with E-state index in [1.807, 2.05) is 50.2 Å². The van der Waals surface area contributed by atoms with Gasteiger partial charge in [0, 0.05) is 0 Å². The fraction of sp³-hybridized carbons (Fsp3) is 0.269. The number of nitrogens with one attached hydrogen (secondary N) is 1. The Bertz CT molecular complexity index is 1240. The molecule has 180 valence electrons. The smallest absolute Gasteiger partial charge is 0.264 e. The summed E-state index contributed by atoms with van der Waals surface area (Å²) in [5, 5.41) is 2.92. The molecule has 0 unspecified atom stereocenters. The lowest BCUT2D eigenvalue weighted by Crippen LogP contribution is -2.41. The van der Waals surface area contributed by atoms with Crippen LogP contribution in [-0.2, 0) is 21.2 Å². The Labute approximate surface area is 210 Å². The lowest BCUT2D eigenvalue weighted by Gasteiger charge is -2.25. The first-order chi connectivity index (χ1) is 16.1. The molecule has 0 saturated carbocycles. The molecule has 0 fully saturated rings. The minimum absolute atomic E-state index is 0.0525. The third-order valence-electron chi connectivity index (χ3n) is 5.59. The standard InChI is InChI=1S/C26H29BrN2O4S/c1-5-20-8-10-21(11-9-20)19(3)28-26(30)17-29(22-12-6-18(2)7-13-22)34(31,32)23-14-15-25(33-4)24(27)16-23/h6-16,19H,5,17H2,1-4H3,(H,28,30)/t19-/m0/s1.